The zero-order chi connectivity index (χ0) is 16.8. The molecule has 0 fully saturated rings. The van der Waals surface area contributed by atoms with E-state index in [-0.39, 0.29) is 5.69 Å². The number of benzene rings is 1. The van der Waals surface area contributed by atoms with Gasteiger partial charge in [0.15, 0.2) is 4.34 Å². The fourth-order valence-electron chi connectivity index (χ4n) is 1.59. The van der Waals surface area contributed by atoms with E-state index in [1.165, 1.54) is 23.1 Å². The maximum atomic E-state index is 13.5. The molecule has 2 rings (SSSR count). The number of halogens is 2. The molecule has 0 aliphatic rings. The van der Waals surface area contributed by atoms with Crippen molar-refractivity contribution in [1.82, 2.24) is 10.2 Å². The number of nitrogens with zero attached hydrogens (tertiary/aromatic N) is 2. The van der Waals surface area contributed by atoms with Gasteiger partial charge in [0, 0.05) is 12.6 Å². The highest BCUT2D eigenvalue weighted by Crippen LogP contribution is 2.29. The van der Waals surface area contributed by atoms with Crippen LogP contribution >= 0.6 is 23.1 Å². The van der Waals surface area contributed by atoms with Gasteiger partial charge in [-0.1, -0.05) is 30.0 Å². The number of amides is 1. The van der Waals surface area contributed by atoms with E-state index in [9.17, 15) is 13.6 Å². The second-order valence-corrected chi connectivity index (χ2v) is 7.24. The highest BCUT2D eigenvalue weighted by atomic mass is 32.2. The molecule has 1 atom stereocenters. The van der Waals surface area contributed by atoms with Crippen molar-refractivity contribution in [1.29, 1.82) is 0 Å². The van der Waals surface area contributed by atoms with Crippen LogP contribution < -0.4 is 10.6 Å². The maximum absolute atomic E-state index is 13.5. The van der Waals surface area contributed by atoms with Gasteiger partial charge in [-0.3, -0.25) is 4.79 Å². The van der Waals surface area contributed by atoms with Gasteiger partial charge in [-0.25, -0.2) is 8.78 Å². The van der Waals surface area contributed by atoms with Crippen molar-refractivity contribution in [3.05, 3.63) is 29.8 Å². The SMILES string of the molecule is CCCNc1nnc(SC(C)C(=O)Nc2cc(F)ccc2F)s1. The van der Waals surface area contributed by atoms with Crippen molar-refractivity contribution < 1.29 is 13.6 Å². The van der Waals surface area contributed by atoms with E-state index in [1.807, 2.05) is 6.92 Å². The molecule has 0 spiro atoms. The molecular weight excluding hydrogens is 342 g/mol. The number of hydrogen-bond acceptors (Lipinski definition) is 6. The zero-order valence-corrected chi connectivity index (χ0v) is 14.2. The Morgan fingerprint density at radius 1 is 1.39 bits per heavy atom. The molecule has 0 radical (unpaired) electrons. The topological polar surface area (TPSA) is 66.9 Å². The third-order valence-corrected chi connectivity index (χ3v) is 4.83. The van der Waals surface area contributed by atoms with E-state index in [1.54, 1.807) is 6.92 Å². The highest BCUT2D eigenvalue weighted by molar-refractivity contribution is 8.02. The minimum Gasteiger partial charge on any atom is -0.360 e. The summed E-state index contributed by atoms with van der Waals surface area (Å²) in [7, 11) is 0. The standard InChI is InChI=1S/C14H16F2N4OS2/c1-3-6-17-13-19-20-14(23-13)22-8(2)12(21)18-11-7-9(15)4-5-10(11)16/h4-5,7-8H,3,6H2,1-2H3,(H,17,19)(H,18,21). The Morgan fingerprint density at radius 2 is 2.17 bits per heavy atom. The molecule has 2 N–H and O–H groups in total. The number of aromatic nitrogens is 2. The zero-order valence-electron chi connectivity index (χ0n) is 12.6. The Bertz CT molecular complexity index is 681. The van der Waals surface area contributed by atoms with Gasteiger partial charge < -0.3 is 10.6 Å². The first-order valence-corrected chi connectivity index (χ1v) is 8.69. The lowest BCUT2D eigenvalue weighted by Crippen LogP contribution is -2.23. The quantitative estimate of drug-likeness (QED) is 0.738. The first kappa shape index (κ1) is 17.6. The van der Waals surface area contributed by atoms with Crippen LogP contribution in [0.1, 0.15) is 20.3 Å². The molecule has 0 saturated heterocycles. The number of thioether (sulfide) groups is 1. The van der Waals surface area contributed by atoms with E-state index >= 15 is 0 Å². The molecule has 124 valence electrons. The van der Waals surface area contributed by atoms with Crippen molar-refractivity contribution >= 4 is 39.8 Å². The van der Waals surface area contributed by atoms with Crippen LogP contribution in [-0.2, 0) is 4.79 Å². The molecule has 0 saturated carbocycles. The number of carbonyl (C=O) groups is 1. The average molecular weight is 358 g/mol. The fraction of sp³-hybridized carbons (Fsp3) is 0.357. The molecule has 9 heteroatoms. The number of rotatable bonds is 7. The fourth-order valence-corrected chi connectivity index (χ4v) is 3.51. The van der Waals surface area contributed by atoms with Crippen LogP contribution in [0.3, 0.4) is 0 Å². The maximum Gasteiger partial charge on any atom is 0.237 e. The summed E-state index contributed by atoms with van der Waals surface area (Å²) in [4.78, 5) is 12.1. The van der Waals surface area contributed by atoms with E-state index in [2.05, 4.69) is 20.8 Å². The summed E-state index contributed by atoms with van der Waals surface area (Å²) >= 11 is 2.56. The average Bonchev–Trinajstić information content (AvgIpc) is 2.96. The summed E-state index contributed by atoms with van der Waals surface area (Å²) in [6.45, 7) is 4.51. The molecule has 2 aromatic rings. The summed E-state index contributed by atoms with van der Waals surface area (Å²) < 4.78 is 27.3. The predicted octanol–water partition coefficient (Wildman–Crippen LogP) is 3.76. The predicted molar refractivity (Wildman–Crippen MR) is 89.0 cm³/mol. The Morgan fingerprint density at radius 3 is 2.91 bits per heavy atom. The van der Waals surface area contributed by atoms with Crippen LogP contribution in [0.15, 0.2) is 22.5 Å². The largest absolute Gasteiger partial charge is 0.360 e. The van der Waals surface area contributed by atoms with Crippen LogP contribution in [0.25, 0.3) is 0 Å². The van der Waals surface area contributed by atoms with Crippen LogP contribution in [0, 0.1) is 11.6 Å². The van der Waals surface area contributed by atoms with E-state index in [0.29, 0.717) is 9.47 Å². The van der Waals surface area contributed by atoms with Gasteiger partial charge in [0.2, 0.25) is 11.0 Å². The number of carbonyl (C=O) groups excluding carboxylic acids is 1. The smallest absolute Gasteiger partial charge is 0.237 e. The minimum atomic E-state index is -0.682. The van der Waals surface area contributed by atoms with Crippen molar-refractivity contribution in [3.8, 4) is 0 Å². The summed E-state index contributed by atoms with van der Waals surface area (Å²) in [5, 5.41) is 13.6. The molecule has 23 heavy (non-hydrogen) atoms. The molecule has 1 aromatic heterocycles. The summed E-state index contributed by atoms with van der Waals surface area (Å²) in [5.41, 5.74) is -0.176. The Hall–Kier alpha value is -1.74. The molecule has 1 amide bonds. The summed E-state index contributed by atoms with van der Waals surface area (Å²) in [5.74, 6) is -1.73. The van der Waals surface area contributed by atoms with E-state index in [0.717, 1.165) is 31.2 Å². The molecule has 0 aliphatic heterocycles. The van der Waals surface area contributed by atoms with Gasteiger partial charge in [-0.15, -0.1) is 10.2 Å². The van der Waals surface area contributed by atoms with Crippen LogP contribution in [0.4, 0.5) is 19.6 Å². The van der Waals surface area contributed by atoms with Gasteiger partial charge in [0.25, 0.3) is 0 Å². The molecule has 0 bridgehead atoms. The lowest BCUT2D eigenvalue weighted by atomic mass is 10.3. The van der Waals surface area contributed by atoms with Crippen LogP contribution in [0.5, 0.6) is 0 Å². The van der Waals surface area contributed by atoms with Gasteiger partial charge in [-0.05, 0) is 25.5 Å². The summed E-state index contributed by atoms with van der Waals surface area (Å²) in [6.07, 6.45) is 0.972. The normalized spacial score (nSPS) is 12.0. The van der Waals surface area contributed by atoms with E-state index < -0.39 is 22.8 Å². The monoisotopic (exact) mass is 358 g/mol. The molecule has 5 nitrogen and oxygen atoms in total. The van der Waals surface area contributed by atoms with Gasteiger partial charge >= 0.3 is 0 Å². The first-order valence-electron chi connectivity index (χ1n) is 6.99. The van der Waals surface area contributed by atoms with Crippen LogP contribution in [-0.4, -0.2) is 27.9 Å². The molecule has 1 unspecified atom stereocenters. The second kappa shape index (κ2) is 8.21. The molecular formula is C14H16F2N4OS2. The Labute approximate surface area is 140 Å². The lowest BCUT2D eigenvalue weighted by Gasteiger charge is -2.10. The van der Waals surface area contributed by atoms with E-state index in [4.69, 9.17) is 0 Å². The van der Waals surface area contributed by atoms with Crippen molar-refractivity contribution in [2.75, 3.05) is 17.2 Å². The second-order valence-electron chi connectivity index (χ2n) is 4.67. The molecule has 0 aliphatic carbocycles. The third kappa shape index (κ3) is 5.14. The molecule has 1 aromatic carbocycles. The lowest BCUT2D eigenvalue weighted by molar-refractivity contribution is -0.115. The van der Waals surface area contributed by atoms with Crippen molar-refractivity contribution in [2.24, 2.45) is 0 Å². The minimum absolute atomic E-state index is 0.176. The van der Waals surface area contributed by atoms with Crippen molar-refractivity contribution in [3.63, 3.8) is 0 Å². The van der Waals surface area contributed by atoms with Gasteiger partial charge in [0.1, 0.15) is 11.6 Å². The Kier molecular flexibility index (Phi) is 6.28. The number of nitrogens with one attached hydrogen (secondary N) is 2. The first-order chi connectivity index (χ1) is 11.0. The number of anilines is 2. The highest BCUT2D eigenvalue weighted by Gasteiger charge is 2.18. The van der Waals surface area contributed by atoms with Crippen molar-refractivity contribution in [2.45, 2.75) is 29.9 Å². The summed E-state index contributed by atoms with van der Waals surface area (Å²) in [6, 6.07) is 2.91. The van der Waals surface area contributed by atoms with Crippen LogP contribution in [0.2, 0.25) is 0 Å². The molecule has 1 heterocycles. The van der Waals surface area contributed by atoms with Gasteiger partial charge in [-0.2, -0.15) is 0 Å². The van der Waals surface area contributed by atoms with Gasteiger partial charge in [0.05, 0.1) is 10.9 Å². The number of hydrogen-bond donors (Lipinski definition) is 2. The Balaban J connectivity index is 1.94. The third-order valence-electron chi connectivity index (χ3n) is 2.77.